The van der Waals surface area contributed by atoms with Crippen LogP contribution >= 0.6 is 0 Å². The van der Waals surface area contributed by atoms with Crippen molar-refractivity contribution in [3.8, 4) is 5.75 Å². The molecule has 1 N–H and O–H groups in total. The van der Waals surface area contributed by atoms with E-state index in [0.29, 0.717) is 25.2 Å². The Balaban J connectivity index is 1.87. The third-order valence-corrected chi connectivity index (χ3v) is 4.57. The number of benzene rings is 1. The maximum absolute atomic E-state index is 10.3. The van der Waals surface area contributed by atoms with Gasteiger partial charge in [-0.3, -0.25) is 4.90 Å². The summed E-state index contributed by atoms with van der Waals surface area (Å²) in [6, 6.07) is 9.05. The summed E-state index contributed by atoms with van der Waals surface area (Å²) < 4.78 is 5.84. The summed E-state index contributed by atoms with van der Waals surface area (Å²) in [5, 5.41) is 10.3. The van der Waals surface area contributed by atoms with E-state index in [4.69, 9.17) is 4.74 Å². The molecule has 122 valence electrons. The molecule has 0 bridgehead atoms. The number of aliphatic hydroxyl groups is 1. The van der Waals surface area contributed by atoms with Crippen molar-refractivity contribution in [2.24, 2.45) is 0 Å². The molecule has 0 saturated carbocycles. The first-order chi connectivity index (χ1) is 10.6. The van der Waals surface area contributed by atoms with Crippen LogP contribution in [-0.4, -0.2) is 41.3 Å². The fraction of sp³-hybridized carbons (Fsp3) is 0.579. The Morgan fingerprint density at radius 3 is 2.68 bits per heavy atom. The van der Waals surface area contributed by atoms with Gasteiger partial charge in [-0.15, -0.1) is 6.58 Å². The normalized spacial score (nSPS) is 24.0. The summed E-state index contributed by atoms with van der Waals surface area (Å²) in [6.07, 6.45) is 5.93. The highest BCUT2D eigenvalue weighted by molar-refractivity contribution is 5.34. The van der Waals surface area contributed by atoms with E-state index in [1.54, 1.807) is 0 Å². The lowest BCUT2D eigenvalue weighted by molar-refractivity contribution is 0.0207. The van der Waals surface area contributed by atoms with E-state index in [0.717, 1.165) is 17.7 Å². The van der Waals surface area contributed by atoms with Crippen molar-refractivity contribution in [2.45, 2.75) is 57.7 Å². The molecule has 3 nitrogen and oxygen atoms in total. The summed E-state index contributed by atoms with van der Waals surface area (Å²) in [5.74, 6) is 0.848. The molecule has 0 spiro atoms. The molecule has 0 aliphatic carbocycles. The highest BCUT2D eigenvalue weighted by atomic mass is 16.5. The molecule has 0 radical (unpaired) electrons. The van der Waals surface area contributed by atoms with Gasteiger partial charge in [-0.2, -0.15) is 0 Å². The van der Waals surface area contributed by atoms with E-state index in [2.05, 4.69) is 25.3 Å². The molecule has 0 aromatic heterocycles. The van der Waals surface area contributed by atoms with Gasteiger partial charge in [0.1, 0.15) is 18.5 Å². The number of para-hydroxylation sites is 1. The molecular weight excluding hydrogens is 274 g/mol. The molecule has 1 saturated heterocycles. The molecule has 22 heavy (non-hydrogen) atoms. The zero-order chi connectivity index (χ0) is 15.9. The number of hydrogen-bond acceptors (Lipinski definition) is 3. The fourth-order valence-corrected chi connectivity index (χ4v) is 3.29. The van der Waals surface area contributed by atoms with Gasteiger partial charge in [-0.05, 0) is 44.7 Å². The Kier molecular flexibility index (Phi) is 6.47. The van der Waals surface area contributed by atoms with Crippen LogP contribution in [0.2, 0.25) is 0 Å². The lowest BCUT2D eigenvalue weighted by Crippen LogP contribution is -2.48. The van der Waals surface area contributed by atoms with Crippen LogP contribution in [0.4, 0.5) is 0 Å². The topological polar surface area (TPSA) is 32.7 Å². The molecule has 3 atom stereocenters. The number of likely N-dealkylation sites (tertiary alicyclic amines) is 1. The highest BCUT2D eigenvalue weighted by Crippen LogP contribution is 2.23. The average Bonchev–Trinajstić information content (AvgIpc) is 2.50. The van der Waals surface area contributed by atoms with Crippen LogP contribution < -0.4 is 4.74 Å². The third kappa shape index (κ3) is 4.59. The first-order valence-corrected chi connectivity index (χ1v) is 8.37. The molecule has 0 unspecified atom stereocenters. The minimum absolute atomic E-state index is 0.337. The number of rotatable bonds is 7. The Hall–Kier alpha value is -1.32. The summed E-state index contributed by atoms with van der Waals surface area (Å²) in [7, 11) is 0. The maximum Gasteiger partial charge on any atom is 0.122 e. The molecule has 1 aromatic carbocycles. The largest absolute Gasteiger partial charge is 0.491 e. The van der Waals surface area contributed by atoms with Gasteiger partial charge in [0.25, 0.3) is 0 Å². The number of piperidine rings is 1. The number of allylic oxidation sites excluding steroid dienone is 1. The second-order valence-corrected chi connectivity index (χ2v) is 6.39. The molecule has 1 fully saturated rings. The SMILES string of the molecule is C=CCc1ccccc1OC[C@@H](O)CN1[C@H](C)CCC[C@@H]1C. The maximum atomic E-state index is 10.3. The van der Waals surface area contributed by atoms with Crippen molar-refractivity contribution in [3.05, 3.63) is 42.5 Å². The number of ether oxygens (including phenoxy) is 1. The third-order valence-electron chi connectivity index (χ3n) is 4.57. The fourth-order valence-electron chi connectivity index (χ4n) is 3.29. The predicted molar refractivity (Wildman–Crippen MR) is 91.3 cm³/mol. The molecule has 1 aliphatic rings. The smallest absolute Gasteiger partial charge is 0.122 e. The Bertz CT molecular complexity index is 464. The van der Waals surface area contributed by atoms with Crippen LogP contribution in [0.5, 0.6) is 5.75 Å². The molecule has 1 heterocycles. The van der Waals surface area contributed by atoms with Crippen molar-refractivity contribution in [1.82, 2.24) is 4.90 Å². The van der Waals surface area contributed by atoms with Gasteiger partial charge in [0.05, 0.1) is 0 Å². The Morgan fingerprint density at radius 1 is 1.32 bits per heavy atom. The molecule has 2 rings (SSSR count). The van der Waals surface area contributed by atoms with Crippen LogP contribution in [0.25, 0.3) is 0 Å². The van der Waals surface area contributed by atoms with Crippen molar-refractivity contribution in [2.75, 3.05) is 13.2 Å². The van der Waals surface area contributed by atoms with E-state index in [1.165, 1.54) is 19.3 Å². The second kappa shape index (κ2) is 8.35. The van der Waals surface area contributed by atoms with Crippen LogP contribution in [0.3, 0.4) is 0 Å². The second-order valence-electron chi connectivity index (χ2n) is 6.39. The van der Waals surface area contributed by atoms with E-state index in [9.17, 15) is 5.11 Å². The zero-order valence-corrected chi connectivity index (χ0v) is 13.9. The van der Waals surface area contributed by atoms with Gasteiger partial charge in [-0.1, -0.05) is 30.7 Å². The quantitative estimate of drug-likeness (QED) is 0.784. The standard InChI is InChI=1S/C19H29NO2/c1-4-8-17-11-5-6-12-19(17)22-14-18(21)13-20-15(2)9-7-10-16(20)3/h4-6,11-12,15-16,18,21H,1,7-10,13-14H2,2-3H3/t15-,16+,18-/m0/s1. The first-order valence-electron chi connectivity index (χ1n) is 8.37. The molecule has 3 heteroatoms. The van der Waals surface area contributed by atoms with E-state index in [1.807, 2.05) is 30.3 Å². The predicted octanol–water partition coefficient (Wildman–Crippen LogP) is 3.42. The lowest BCUT2D eigenvalue weighted by atomic mass is 9.97. The first kappa shape index (κ1) is 17.0. The van der Waals surface area contributed by atoms with Gasteiger partial charge in [0, 0.05) is 18.6 Å². The van der Waals surface area contributed by atoms with E-state index >= 15 is 0 Å². The lowest BCUT2D eigenvalue weighted by Gasteiger charge is -2.40. The Labute approximate surface area is 134 Å². The van der Waals surface area contributed by atoms with Gasteiger partial charge < -0.3 is 9.84 Å². The van der Waals surface area contributed by atoms with E-state index in [-0.39, 0.29) is 0 Å². The van der Waals surface area contributed by atoms with Crippen molar-refractivity contribution in [3.63, 3.8) is 0 Å². The highest BCUT2D eigenvalue weighted by Gasteiger charge is 2.26. The molecule has 1 aromatic rings. The van der Waals surface area contributed by atoms with Crippen molar-refractivity contribution < 1.29 is 9.84 Å². The zero-order valence-electron chi connectivity index (χ0n) is 13.9. The molecule has 0 amide bonds. The van der Waals surface area contributed by atoms with Gasteiger partial charge >= 0.3 is 0 Å². The Morgan fingerprint density at radius 2 is 2.00 bits per heavy atom. The van der Waals surface area contributed by atoms with E-state index < -0.39 is 6.10 Å². The van der Waals surface area contributed by atoms with Crippen molar-refractivity contribution in [1.29, 1.82) is 0 Å². The summed E-state index contributed by atoms with van der Waals surface area (Å²) in [6.45, 7) is 9.30. The number of hydrogen-bond donors (Lipinski definition) is 1. The molecular formula is C19H29NO2. The van der Waals surface area contributed by atoms with Crippen LogP contribution in [0, 0.1) is 0 Å². The van der Waals surface area contributed by atoms with Crippen LogP contribution in [0.15, 0.2) is 36.9 Å². The summed E-state index contributed by atoms with van der Waals surface area (Å²) >= 11 is 0. The number of aliphatic hydroxyl groups excluding tert-OH is 1. The monoisotopic (exact) mass is 303 g/mol. The van der Waals surface area contributed by atoms with Gasteiger partial charge in [-0.25, -0.2) is 0 Å². The summed E-state index contributed by atoms with van der Waals surface area (Å²) in [4.78, 5) is 2.41. The number of β-amino-alcohol motifs (C(OH)–C–C–N with tert-alkyl or cyclic N) is 1. The molecule has 1 aliphatic heterocycles. The van der Waals surface area contributed by atoms with Gasteiger partial charge in [0.2, 0.25) is 0 Å². The minimum atomic E-state index is -0.459. The van der Waals surface area contributed by atoms with Crippen LogP contribution in [0.1, 0.15) is 38.7 Å². The van der Waals surface area contributed by atoms with Crippen molar-refractivity contribution >= 4 is 0 Å². The number of nitrogens with zero attached hydrogens (tertiary/aromatic N) is 1. The van der Waals surface area contributed by atoms with Crippen LogP contribution in [-0.2, 0) is 6.42 Å². The summed E-state index contributed by atoms with van der Waals surface area (Å²) in [5.41, 5.74) is 1.12. The average molecular weight is 303 g/mol. The van der Waals surface area contributed by atoms with Gasteiger partial charge in [0.15, 0.2) is 0 Å². The minimum Gasteiger partial charge on any atom is -0.491 e.